The van der Waals surface area contributed by atoms with Crippen molar-refractivity contribution in [2.45, 2.75) is 102 Å². The lowest BCUT2D eigenvalue weighted by molar-refractivity contribution is -0.181. The van der Waals surface area contributed by atoms with E-state index in [1.807, 2.05) is 57.2 Å². The van der Waals surface area contributed by atoms with Crippen LogP contribution in [-0.4, -0.2) is 92.4 Å². The van der Waals surface area contributed by atoms with Crippen molar-refractivity contribution in [1.82, 2.24) is 9.62 Å². The maximum atomic E-state index is 14.0. The van der Waals surface area contributed by atoms with Gasteiger partial charge in [0.1, 0.15) is 24.2 Å². The van der Waals surface area contributed by atoms with E-state index < -0.39 is 46.1 Å². The molecule has 1 aromatic heterocycles. The highest BCUT2D eigenvalue weighted by molar-refractivity contribution is 7.89. The molecule has 1 amide bonds. The first-order valence-electron chi connectivity index (χ1n) is 21.2. The number of carboxylic acid groups (broad SMARTS) is 1. The van der Waals surface area contributed by atoms with Crippen molar-refractivity contribution in [3.05, 3.63) is 99.9 Å². The van der Waals surface area contributed by atoms with Gasteiger partial charge < -0.3 is 39.2 Å². The Labute approximate surface area is 368 Å². The molecule has 62 heavy (non-hydrogen) atoms. The molecule has 3 heterocycles. The Hall–Kier alpha value is -4.51. The van der Waals surface area contributed by atoms with Crippen LogP contribution < -0.4 is 14.8 Å². The molecular formula is C47H58N2O11S2. The fraction of sp³-hybridized carbons (Fsp3) is 0.489. The number of fused-ring (bicyclic) bond motifs is 2. The molecule has 2 aliphatic heterocycles. The molecule has 2 saturated heterocycles. The maximum Gasteiger partial charge on any atom is 0.407 e. The average Bonchev–Trinajstić information content (AvgIpc) is 3.90. The average molecular weight is 891 g/mol. The van der Waals surface area contributed by atoms with Gasteiger partial charge in [-0.2, -0.15) is 4.31 Å². The minimum absolute atomic E-state index is 0.0347. The SMILES string of the molecule is COc1ccc(S(=O)(=O)N(CC(C)C)C[C@@H](O)[C@H](Cc2ccc(OCc3ccccc3-c3sc4c(c3C(=O)O)CC(C)(C)CC4)cc2)NC(=O)O[C@H]2CO[C@@]3(C)OCC[C@@H]23)cc1. The second kappa shape index (κ2) is 18.7. The van der Waals surface area contributed by atoms with E-state index in [1.165, 1.54) is 23.5 Å². The Morgan fingerprint density at radius 1 is 0.984 bits per heavy atom. The summed E-state index contributed by atoms with van der Waals surface area (Å²) in [6.07, 6.45) is 0.753. The molecule has 0 radical (unpaired) electrons. The monoisotopic (exact) mass is 890 g/mol. The summed E-state index contributed by atoms with van der Waals surface area (Å²) < 4.78 is 58.2. The van der Waals surface area contributed by atoms with Crippen molar-refractivity contribution in [2.24, 2.45) is 17.3 Å². The molecule has 0 bridgehead atoms. The largest absolute Gasteiger partial charge is 0.497 e. The predicted molar refractivity (Wildman–Crippen MR) is 235 cm³/mol. The number of nitrogens with one attached hydrogen (secondary N) is 1. The molecule has 3 aromatic carbocycles. The van der Waals surface area contributed by atoms with E-state index in [2.05, 4.69) is 19.2 Å². The first kappa shape index (κ1) is 45.5. The predicted octanol–water partition coefficient (Wildman–Crippen LogP) is 7.71. The third-order valence-corrected chi connectivity index (χ3v) is 15.4. The van der Waals surface area contributed by atoms with Gasteiger partial charge >= 0.3 is 12.1 Å². The molecular weight excluding hydrogens is 833 g/mol. The van der Waals surface area contributed by atoms with Gasteiger partial charge in [0.05, 0.1) is 48.8 Å². The van der Waals surface area contributed by atoms with E-state index in [-0.39, 0.29) is 54.9 Å². The highest BCUT2D eigenvalue weighted by Gasteiger charge is 2.53. The number of thiophene rings is 1. The normalized spacial score (nSPS) is 21.6. The first-order valence-corrected chi connectivity index (χ1v) is 23.5. The molecule has 4 aromatic rings. The number of aryl methyl sites for hydroxylation is 1. The molecule has 15 heteroatoms. The summed E-state index contributed by atoms with van der Waals surface area (Å²) in [5, 5.41) is 25.1. The summed E-state index contributed by atoms with van der Waals surface area (Å²) in [7, 11) is -2.56. The maximum absolute atomic E-state index is 14.0. The van der Waals surface area contributed by atoms with Gasteiger partial charge in [0.15, 0.2) is 5.79 Å². The van der Waals surface area contributed by atoms with Crippen LogP contribution in [0, 0.1) is 17.3 Å². The summed E-state index contributed by atoms with van der Waals surface area (Å²) >= 11 is 1.57. The van der Waals surface area contributed by atoms with Gasteiger partial charge in [0, 0.05) is 22.8 Å². The number of sulfonamides is 1. The van der Waals surface area contributed by atoms with Crippen LogP contribution in [0.2, 0.25) is 0 Å². The number of methoxy groups -OCH3 is 1. The van der Waals surface area contributed by atoms with Gasteiger partial charge in [-0.05, 0) is 109 Å². The van der Waals surface area contributed by atoms with Crippen molar-refractivity contribution in [3.63, 3.8) is 0 Å². The van der Waals surface area contributed by atoms with Crippen LogP contribution in [0.4, 0.5) is 4.79 Å². The van der Waals surface area contributed by atoms with Gasteiger partial charge in [0.2, 0.25) is 10.0 Å². The number of aromatic carboxylic acids is 1. The molecule has 3 aliphatic rings. The van der Waals surface area contributed by atoms with Gasteiger partial charge in [-0.3, -0.25) is 0 Å². The number of hydrogen-bond acceptors (Lipinski definition) is 11. The molecule has 5 atom stereocenters. The zero-order valence-electron chi connectivity index (χ0n) is 36.2. The number of carbonyl (C=O) groups excluding carboxylic acids is 1. The van der Waals surface area contributed by atoms with Gasteiger partial charge in [-0.1, -0.05) is 64.1 Å². The molecule has 7 rings (SSSR count). The van der Waals surface area contributed by atoms with Crippen LogP contribution in [0.15, 0.2) is 77.7 Å². The summed E-state index contributed by atoms with van der Waals surface area (Å²) in [6.45, 7) is 10.7. The zero-order valence-corrected chi connectivity index (χ0v) is 37.9. The lowest BCUT2D eigenvalue weighted by Crippen LogP contribution is -2.51. The number of nitrogens with zero attached hydrogens (tertiary/aromatic N) is 1. The van der Waals surface area contributed by atoms with Crippen molar-refractivity contribution in [2.75, 3.05) is 33.4 Å². The number of hydrogen-bond donors (Lipinski definition) is 3. The number of amides is 1. The molecule has 2 fully saturated rings. The lowest BCUT2D eigenvalue weighted by atomic mass is 9.76. The Balaban J connectivity index is 1.08. The second-order valence-electron chi connectivity index (χ2n) is 17.9. The minimum atomic E-state index is -4.06. The Morgan fingerprint density at radius 2 is 1.69 bits per heavy atom. The van der Waals surface area contributed by atoms with E-state index >= 15 is 0 Å². The van der Waals surface area contributed by atoms with E-state index in [4.69, 9.17) is 23.7 Å². The third-order valence-electron chi connectivity index (χ3n) is 12.2. The first-order chi connectivity index (χ1) is 29.5. The van der Waals surface area contributed by atoms with E-state index in [0.29, 0.717) is 30.1 Å². The van der Waals surface area contributed by atoms with Crippen molar-refractivity contribution >= 4 is 33.4 Å². The molecule has 0 saturated carbocycles. The zero-order chi connectivity index (χ0) is 44.4. The van der Waals surface area contributed by atoms with E-state index in [9.17, 15) is 28.2 Å². The van der Waals surface area contributed by atoms with Crippen LogP contribution >= 0.6 is 11.3 Å². The number of rotatable bonds is 17. The van der Waals surface area contributed by atoms with Crippen LogP contribution in [0.5, 0.6) is 11.5 Å². The highest BCUT2D eigenvalue weighted by atomic mass is 32.2. The molecule has 1 aliphatic carbocycles. The molecule has 0 spiro atoms. The molecule has 3 N–H and O–H groups in total. The van der Waals surface area contributed by atoms with Gasteiger partial charge in [-0.25, -0.2) is 18.0 Å². The summed E-state index contributed by atoms with van der Waals surface area (Å²) in [5.41, 5.74) is 3.80. The minimum Gasteiger partial charge on any atom is -0.497 e. The van der Waals surface area contributed by atoms with E-state index in [0.717, 1.165) is 51.3 Å². The highest BCUT2D eigenvalue weighted by Crippen LogP contribution is 2.46. The van der Waals surface area contributed by atoms with Crippen molar-refractivity contribution < 1.29 is 51.9 Å². The number of alkyl carbamates (subject to hydrolysis) is 1. The number of carboxylic acids is 1. The summed E-state index contributed by atoms with van der Waals surface area (Å²) in [5.74, 6) is -0.886. The number of benzene rings is 3. The Morgan fingerprint density at radius 3 is 2.39 bits per heavy atom. The summed E-state index contributed by atoms with van der Waals surface area (Å²) in [4.78, 5) is 28.2. The Kier molecular flexibility index (Phi) is 13.7. The van der Waals surface area contributed by atoms with E-state index in [1.54, 1.807) is 35.6 Å². The van der Waals surface area contributed by atoms with Crippen LogP contribution in [-0.2, 0) is 50.1 Å². The topological polar surface area (TPSA) is 170 Å². The van der Waals surface area contributed by atoms with Crippen molar-refractivity contribution in [3.8, 4) is 21.9 Å². The van der Waals surface area contributed by atoms with Crippen LogP contribution in [0.25, 0.3) is 10.4 Å². The lowest BCUT2D eigenvalue weighted by Gasteiger charge is -2.31. The summed E-state index contributed by atoms with van der Waals surface area (Å²) in [6, 6.07) is 20.1. The van der Waals surface area contributed by atoms with Gasteiger partial charge in [-0.15, -0.1) is 11.3 Å². The fourth-order valence-corrected chi connectivity index (χ4v) is 11.8. The molecule has 0 unspecified atom stereocenters. The van der Waals surface area contributed by atoms with Crippen LogP contribution in [0.1, 0.15) is 79.4 Å². The third kappa shape index (κ3) is 10.1. The Bertz CT molecular complexity index is 2330. The fourth-order valence-electron chi connectivity index (χ4n) is 8.77. The smallest absolute Gasteiger partial charge is 0.407 e. The standard InChI is InChI=1S/C47H58N2O11S2/c1-29(2)25-49(62(54,55)34-17-15-32(56-6)16-18-34)26-39(50)38(48-45(53)60-40-28-59-47(5)37(40)20-22-58-47)23-30-11-13-33(14-12-30)57-27-31-9-7-8-10-35(31)43-42(44(51)52)36-24-46(3,4)21-19-41(36)61-43/h7-18,29,37-40,50H,19-28H2,1-6H3,(H,48,53)(H,51,52)/t37-,38-,39+,40-,47+/m0/s1. The second-order valence-corrected chi connectivity index (χ2v) is 20.9. The number of carbonyl (C=O) groups is 2. The number of aliphatic hydroxyl groups excluding tert-OH is 1. The quantitative estimate of drug-likeness (QED) is 0.0949. The number of ether oxygens (including phenoxy) is 5. The van der Waals surface area contributed by atoms with Gasteiger partial charge in [0.25, 0.3) is 0 Å². The molecule has 13 nitrogen and oxygen atoms in total. The van der Waals surface area contributed by atoms with Crippen molar-refractivity contribution in [1.29, 1.82) is 0 Å². The number of aliphatic hydroxyl groups is 1. The molecule has 334 valence electrons. The van der Waals surface area contributed by atoms with Crippen LogP contribution in [0.3, 0.4) is 0 Å².